The van der Waals surface area contributed by atoms with Crippen LogP contribution >= 0.6 is 0 Å². The summed E-state index contributed by atoms with van der Waals surface area (Å²) < 4.78 is 10.2. The monoisotopic (exact) mass is 393 g/mol. The Morgan fingerprint density at radius 3 is 2.11 bits per heavy atom. The van der Waals surface area contributed by atoms with Crippen LogP contribution in [0.2, 0.25) is 0 Å². The van der Waals surface area contributed by atoms with Gasteiger partial charge in [-0.1, -0.05) is 30.3 Å². The lowest BCUT2D eigenvalue weighted by molar-refractivity contribution is -0.120. The predicted octanol–water partition coefficient (Wildman–Crippen LogP) is 2.72. The topological polar surface area (TPSA) is 106 Å². The fraction of sp³-hybridized carbons (Fsp3) is 0.550. The van der Waals surface area contributed by atoms with Crippen molar-refractivity contribution in [2.24, 2.45) is 0 Å². The van der Waals surface area contributed by atoms with Crippen LogP contribution in [0.5, 0.6) is 0 Å². The summed E-state index contributed by atoms with van der Waals surface area (Å²) in [6.45, 7) is 6.81. The summed E-state index contributed by atoms with van der Waals surface area (Å²) in [4.78, 5) is 34.7. The molecule has 0 aliphatic carbocycles. The van der Waals surface area contributed by atoms with Gasteiger partial charge in [-0.15, -0.1) is 0 Å². The molecule has 0 aliphatic rings. The van der Waals surface area contributed by atoms with Gasteiger partial charge < -0.3 is 25.4 Å². The van der Waals surface area contributed by atoms with Crippen molar-refractivity contribution in [1.29, 1.82) is 0 Å². The van der Waals surface area contributed by atoms with E-state index in [-0.39, 0.29) is 25.5 Å². The van der Waals surface area contributed by atoms with Crippen LogP contribution < -0.4 is 16.0 Å². The van der Waals surface area contributed by atoms with Gasteiger partial charge in [0.2, 0.25) is 5.91 Å². The molecule has 0 saturated carbocycles. The first-order chi connectivity index (χ1) is 13.3. The molecule has 3 amide bonds. The lowest BCUT2D eigenvalue weighted by atomic mass is 10.2. The number of carbonyl (C=O) groups excluding carboxylic acids is 3. The standard InChI is InChI=1S/C20H31N3O5/c1-20(2,3)28-19(26)22-13-8-7-12-21-17(24)11-14-23-18(25)27-15-16-9-5-4-6-10-16/h4-6,9-10H,7-8,11-15H2,1-3H3,(H,21,24)(H,22,26)(H,23,25). The van der Waals surface area contributed by atoms with Gasteiger partial charge in [-0.25, -0.2) is 9.59 Å². The zero-order valence-corrected chi connectivity index (χ0v) is 16.9. The molecule has 1 aromatic rings. The van der Waals surface area contributed by atoms with Crippen LogP contribution in [0, 0.1) is 0 Å². The van der Waals surface area contributed by atoms with Crippen LogP contribution in [0.15, 0.2) is 30.3 Å². The van der Waals surface area contributed by atoms with E-state index in [1.54, 1.807) is 20.8 Å². The van der Waals surface area contributed by atoms with Crippen molar-refractivity contribution in [3.63, 3.8) is 0 Å². The van der Waals surface area contributed by atoms with Crippen molar-refractivity contribution in [3.8, 4) is 0 Å². The summed E-state index contributed by atoms with van der Waals surface area (Å²) in [5.74, 6) is -0.150. The van der Waals surface area contributed by atoms with E-state index in [0.29, 0.717) is 13.1 Å². The SMILES string of the molecule is CC(C)(C)OC(=O)NCCCCNC(=O)CCNC(=O)OCc1ccccc1. The van der Waals surface area contributed by atoms with Gasteiger partial charge in [-0.2, -0.15) is 0 Å². The smallest absolute Gasteiger partial charge is 0.407 e. The zero-order valence-electron chi connectivity index (χ0n) is 16.9. The second kappa shape index (κ2) is 12.6. The van der Waals surface area contributed by atoms with Crippen molar-refractivity contribution in [1.82, 2.24) is 16.0 Å². The van der Waals surface area contributed by atoms with E-state index in [4.69, 9.17) is 9.47 Å². The molecule has 0 fully saturated rings. The van der Waals surface area contributed by atoms with Crippen LogP contribution in [-0.2, 0) is 20.9 Å². The predicted molar refractivity (Wildman–Crippen MR) is 106 cm³/mol. The molecule has 0 unspecified atom stereocenters. The normalized spacial score (nSPS) is 10.7. The highest BCUT2D eigenvalue weighted by molar-refractivity contribution is 5.76. The number of hydrogen-bond acceptors (Lipinski definition) is 5. The molecule has 0 aliphatic heterocycles. The Balaban J connectivity index is 1.97. The Morgan fingerprint density at radius 1 is 0.857 bits per heavy atom. The Kier molecular flexibility index (Phi) is 10.5. The van der Waals surface area contributed by atoms with E-state index < -0.39 is 17.8 Å². The van der Waals surface area contributed by atoms with Crippen molar-refractivity contribution in [2.75, 3.05) is 19.6 Å². The molecule has 28 heavy (non-hydrogen) atoms. The molecule has 156 valence electrons. The van der Waals surface area contributed by atoms with Crippen molar-refractivity contribution in [2.45, 2.75) is 52.2 Å². The van der Waals surface area contributed by atoms with Crippen molar-refractivity contribution in [3.05, 3.63) is 35.9 Å². The van der Waals surface area contributed by atoms with Gasteiger partial charge in [0.1, 0.15) is 12.2 Å². The molecule has 1 rings (SSSR count). The Morgan fingerprint density at radius 2 is 1.46 bits per heavy atom. The lowest BCUT2D eigenvalue weighted by Gasteiger charge is -2.19. The molecular weight excluding hydrogens is 362 g/mol. The number of amides is 3. The first-order valence-corrected chi connectivity index (χ1v) is 9.44. The third kappa shape index (κ3) is 12.6. The molecule has 0 saturated heterocycles. The molecule has 0 bridgehead atoms. The molecule has 8 heteroatoms. The van der Waals surface area contributed by atoms with Gasteiger partial charge >= 0.3 is 12.2 Å². The molecule has 0 heterocycles. The molecule has 0 aromatic heterocycles. The van der Waals surface area contributed by atoms with Gasteiger partial charge in [0, 0.05) is 26.1 Å². The molecule has 1 aromatic carbocycles. The van der Waals surface area contributed by atoms with Crippen LogP contribution in [0.1, 0.15) is 45.6 Å². The summed E-state index contributed by atoms with van der Waals surface area (Å²) in [7, 11) is 0. The molecule has 8 nitrogen and oxygen atoms in total. The first kappa shape index (κ1) is 23.3. The molecule has 0 atom stereocenters. The second-order valence-electron chi connectivity index (χ2n) is 7.22. The number of benzene rings is 1. The van der Waals surface area contributed by atoms with Crippen LogP contribution in [0.25, 0.3) is 0 Å². The highest BCUT2D eigenvalue weighted by Crippen LogP contribution is 2.06. The number of ether oxygens (including phenoxy) is 2. The number of rotatable bonds is 10. The average Bonchev–Trinajstić information content (AvgIpc) is 2.62. The largest absolute Gasteiger partial charge is 0.445 e. The molecule has 0 spiro atoms. The van der Waals surface area contributed by atoms with E-state index in [0.717, 1.165) is 18.4 Å². The fourth-order valence-electron chi connectivity index (χ4n) is 2.12. The summed E-state index contributed by atoms with van der Waals surface area (Å²) in [5, 5.41) is 7.97. The van der Waals surface area contributed by atoms with Gasteiger partial charge in [0.05, 0.1) is 0 Å². The van der Waals surface area contributed by atoms with Crippen LogP contribution in [0.3, 0.4) is 0 Å². The molecular formula is C20H31N3O5. The van der Waals surface area contributed by atoms with E-state index in [9.17, 15) is 14.4 Å². The van der Waals surface area contributed by atoms with E-state index in [1.165, 1.54) is 0 Å². The average molecular weight is 393 g/mol. The van der Waals surface area contributed by atoms with Gasteiger partial charge in [-0.3, -0.25) is 4.79 Å². The van der Waals surface area contributed by atoms with E-state index in [1.807, 2.05) is 30.3 Å². The van der Waals surface area contributed by atoms with Crippen LogP contribution in [-0.4, -0.2) is 43.3 Å². The van der Waals surface area contributed by atoms with Crippen molar-refractivity contribution < 1.29 is 23.9 Å². The molecule has 0 radical (unpaired) electrons. The summed E-state index contributed by atoms with van der Waals surface area (Å²) in [5.41, 5.74) is 0.386. The van der Waals surface area contributed by atoms with E-state index >= 15 is 0 Å². The highest BCUT2D eigenvalue weighted by atomic mass is 16.6. The number of alkyl carbamates (subject to hydrolysis) is 2. The number of carbonyl (C=O) groups is 3. The maximum absolute atomic E-state index is 11.7. The van der Waals surface area contributed by atoms with E-state index in [2.05, 4.69) is 16.0 Å². The van der Waals surface area contributed by atoms with Crippen LogP contribution in [0.4, 0.5) is 9.59 Å². The fourth-order valence-corrected chi connectivity index (χ4v) is 2.12. The Labute approximate surface area is 166 Å². The second-order valence-corrected chi connectivity index (χ2v) is 7.22. The third-order valence-electron chi connectivity index (χ3n) is 3.43. The number of nitrogens with one attached hydrogen (secondary N) is 3. The Hall–Kier alpha value is -2.77. The highest BCUT2D eigenvalue weighted by Gasteiger charge is 2.15. The minimum Gasteiger partial charge on any atom is -0.445 e. The van der Waals surface area contributed by atoms with Crippen molar-refractivity contribution >= 4 is 18.1 Å². The van der Waals surface area contributed by atoms with Gasteiger partial charge in [-0.05, 0) is 39.2 Å². The minimum absolute atomic E-state index is 0.150. The third-order valence-corrected chi connectivity index (χ3v) is 3.43. The van der Waals surface area contributed by atoms with Gasteiger partial charge in [0.25, 0.3) is 0 Å². The first-order valence-electron chi connectivity index (χ1n) is 9.44. The maximum atomic E-state index is 11.7. The quantitative estimate of drug-likeness (QED) is 0.530. The molecule has 3 N–H and O–H groups in total. The maximum Gasteiger partial charge on any atom is 0.407 e. The number of unbranched alkanes of at least 4 members (excludes halogenated alkanes) is 1. The Bertz CT molecular complexity index is 614. The number of hydrogen-bond donors (Lipinski definition) is 3. The zero-order chi connectivity index (χ0) is 20.8. The lowest BCUT2D eigenvalue weighted by Crippen LogP contribution is -2.33. The summed E-state index contributed by atoms with van der Waals surface area (Å²) in [6, 6.07) is 9.36. The summed E-state index contributed by atoms with van der Waals surface area (Å²) >= 11 is 0. The minimum atomic E-state index is -0.551. The van der Waals surface area contributed by atoms with Gasteiger partial charge in [0.15, 0.2) is 0 Å². The summed E-state index contributed by atoms with van der Waals surface area (Å²) in [6.07, 6.45) is 0.639.